The Bertz CT molecular complexity index is 753. The summed E-state index contributed by atoms with van der Waals surface area (Å²) >= 11 is 0. The molecule has 0 radical (unpaired) electrons. The Morgan fingerprint density at radius 2 is 1.96 bits per heavy atom. The third-order valence-electron chi connectivity index (χ3n) is 4.25. The number of pyridine rings is 1. The van der Waals surface area contributed by atoms with Gasteiger partial charge in [-0.2, -0.15) is 0 Å². The van der Waals surface area contributed by atoms with Gasteiger partial charge in [-0.3, -0.25) is 9.59 Å². The molecule has 2 N–H and O–H groups in total. The van der Waals surface area contributed by atoms with Gasteiger partial charge in [-0.05, 0) is 49.1 Å². The maximum atomic E-state index is 12.4. The summed E-state index contributed by atoms with van der Waals surface area (Å²) in [5, 5.41) is 11.6. The summed E-state index contributed by atoms with van der Waals surface area (Å²) < 4.78 is 0. The number of benzene rings is 1. The normalized spacial score (nSPS) is 13.7. The van der Waals surface area contributed by atoms with Crippen LogP contribution >= 0.6 is 0 Å². The standard InChI is InChI=1S/C19H21N3O3/c23-18(24)9-6-14-4-3-5-16(12-14)21-19(25)15-7-8-17(20-13-15)22-10-1-2-11-22/h3-5,7-8,12-13H,1-2,6,9-11H2,(H,21,25)(H,23,24). The number of nitrogens with zero attached hydrogens (tertiary/aromatic N) is 2. The van der Waals surface area contributed by atoms with Crippen molar-refractivity contribution in [3.05, 3.63) is 53.7 Å². The van der Waals surface area contributed by atoms with Crippen molar-refractivity contribution in [3.8, 4) is 0 Å². The van der Waals surface area contributed by atoms with Gasteiger partial charge in [0.25, 0.3) is 5.91 Å². The number of anilines is 2. The van der Waals surface area contributed by atoms with Crippen LogP contribution in [-0.4, -0.2) is 35.1 Å². The molecule has 0 unspecified atom stereocenters. The molecule has 0 atom stereocenters. The van der Waals surface area contributed by atoms with Gasteiger partial charge in [0, 0.05) is 31.4 Å². The third-order valence-corrected chi connectivity index (χ3v) is 4.25. The predicted molar refractivity (Wildman–Crippen MR) is 96.0 cm³/mol. The first-order chi connectivity index (χ1) is 12.1. The molecule has 2 aromatic rings. The van der Waals surface area contributed by atoms with E-state index in [0.717, 1.165) is 24.5 Å². The molecular formula is C19H21N3O3. The second kappa shape index (κ2) is 7.79. The fraction of sp³-hybridized carbons (Fsp3) is 0.316. The van der Waals surface area contributed by atoms with Crippen LogP contribution in [0.3, 0.4) is 0 Å². The summed E-state index contributed by atoms with van der Waals surface area (Å²) in [6.07, 6.45) is 4.46. The molecule has 6 nitrogen and oxygen atoms in total. The zero-order valence-corrected chi connectivity index (χ0v) is 13.9. The Morgan fingerprint density at radius 3 is 2.64 bits per heavy atom. The van der Waals surface area contributed by atoms with E-state index in [9.17, 15) is 9.59 Å². The number of carboxylic acids is 1. The molecule has 1 aliphatic heterocycles. The number of rotatable bonds is 6. The molecule has 1 aliphatic rings. The van der Waals surface area contributed by atoms with Crippen molar-refractivity contribution in [1.29, 1.82) is 0 Å². The summed E-state index contributed by atoms with van der Waals surface area (Å²) in [4.78, 5) is 29.6. The highest BCUT2D eigenvalue weighted by Crippen LogP contribution is 2.18. The van der Waals surface area contributed by atoms with Gasteiger partial charge < -0.3 is 15.3 Å². The van der Waals surface area contributed by atoms with E-state index in [0.29, 0.717) is 17.7 Å². The number of amides is 1. The Kier molecular flexibility index (Phi) is 5.28. The van der Waals surface area contributed by atoms with E-state index in [2.05, 4.69) is 15.2 Å². The minimum atomic E-state index is -0.835. The average Bonchev–Trinajstić information content (AvgIpc) is 3.15. The number of carbonyl (C=O) groups is 2. The molecule has 0 spiro atoms. The van der Waals surface area contributed by atoms with E-state index in [-0.39, 0.29) is 12.3 Å². The molecule has 1 aromatic carbocycles. The first kappa shape index (κ1) is 17.0. The van der Waals surface area contributed by atoms with Gasteiger partial charge in [0.1, 0.15) is 5.82 Å². The Hall–Kier alpha value is -2.89. The van der Waals surface area contributed by atoms with Crippen LogP contribution < -0.4 is 10.2 Å². The number of aromatic nitrogens is 1. The second-order valence-corrected chi connectivity index (χ2v) is 6.15. The van der Waals surface area contributed by atoms with Gasteiger partial charge in [-0.1, -0.05) is 12.1 Å². The first-order valence-corrected chi connectivity index (χ1v) is 8.45. The maximum absolute atomic E-state index is 12.4. The lowest BCUT2D eigenvalue weighted by atomic mass is 10.1. The van der Waals surface area contributed by atoms with Crippen molar-refractivity contribution in [3.63, 3.8) is 0 Å². The van der Waals surface area contributed by atoms with Crippen LogP contribution in [0.25, 0.3) is 0 Å². The smallest absolute Gasteiger partial charge is 0.303 e. The minimum Gasteiger partial charge on any atom is -0.481 e. The number of aryl methyl sites for hydroxylation is 1. The monoisotopic (exact) mass is 339 g/mol. The zero-order chi connectivity index (χ0) is 17.6. The van der Waals surface area contributed by atoms with Crippen molar-refractivity contribution < 1.29 is 14.7 Å². The zero-order valence-electron chi connectivity index (χ0n) is 13.9. The molecule has 0 bridgehead atoms. The summed E-state index contributed by atoms with van der Waals surface area (Å²) in [5.41, 5.74) is 2.03. The van der Waals surface area contributed by atoms with Gasteiger partial charge in [0.05, 0.1) is 5.56 Å². The average molecular weight is 339 g/mol. The largest absolute Gasteiger partial charge is 0.481 e. The fourth-order valence-electron chi connectivity index (χ4n) is 2.91. The highest BCUT2D eigenvalue weighted by atomic mass is 16.4. The number of carbonyl (C=O) groups excluding carboxylic acids is 1. The molecule has 1 saturated heterocycles. The third kappa shape index (κ3) is 4.56. The minimum absolute atomic E-state index is 0.0687. The van der Waals surface area contributed by atoms with Crippen molar-refractivity contribution >= 4 is 23.4 Å². The Morgan fingerprint density at radius 1 is 1.16 bits per heavy atom. The van der Waals surface area contributed by atoms with Crippen LogP contribution in [0.2, 0.25) is 0 Å². The number of hydrogen-bond acceptors (Lipinski definition) is 4. The van der Waals surface area contributed by atoms with E-state index in [1.165, 1.54) is 12.8 Å². The fourth-order valence-corrected chi connectivity index (χ4v) is 2.91. The molecule has 130 valence electrons. The number of aliphatic carboxylic acids is 1. The van der Waals surface area contributed by atoms with Gasteiger partial charge in [0.2, 0.25) is 0 Å². The number of nitrogens with one attached hydrogen (secondary N) is 1. The van der Waals surface area contributed by atoms with Gasteiger partial charge in [-0.25, -0.2) is 4.98 Å². The SMILES string of the molecule is O=C(O)CCc1cccc(NC(=O)c2ccc(N3CCCC3)nc2)c1. The molecular weight excluding hydrogens is 318 g/mol. The first-order valence-electron chi connectivity index (χ1n) is 8.45. The highest BCUT2D eigenvalue weighted by Gasteiger charge is 2.14. The molecule has 1 aromatic heterocycles. The summed E-state index contributed by atoms with van der Waals surface area (Å²) in [7, 11) is 0. The van der Waals surface area contributed by atoms with E-state index in [1.807, 2.05) is 18.2 Å². The molecule has 1 fully saturated rings. The van der Waals surface area contributed by atoms with Crippen molar-refractivity contribution in [2.75, 3.05) is 23.3 Å². The van der Waals surface area contributed by atoms with Crippen molar-refractivity contribution in [2.24, 2.45) is 0 Å². The lowest BCUT2D eigenvalue weighted by molar-refractivity contribution is -0.136. The molecule has 1 amide bonds. The predicted octanol–water partition coefficient (Wildman–Crippen LogP) is 2.95. The lowest BCUT2D eigenvalue weighted by Gasteiger charge is -2.16. The van der Waals surface area contributed by atoms with Gasteiger partial charge in [0.15, 0.2) is 0 Å². The summed E-state index contributed by atoms with van der Waals surface area (Å²) in [6, 6.07) is 10.9. The lowest BCUT2D eigenvalue weighted by Crippen LogP contribution is -2.19. The van der Waals surface area contributed by atoms with E-state index in [1.54, 1.807) is 24.4 Å². The summed E-state index contributed by atoms with van der Waals surface area (Å²) in [6.45, 7) is 2.03. The van der Waals surface area contributed by atoms with Crippen molar-refractivity contribution in [2.45, 2.75) is 25.7 Å². The molecule has 6 heteroatoms. The number of carboxylic acid groups (broad SMARTS) is 1. The Labute approximate surface area is 146 Å². The maximum Gasteiger partial charge on any atom is 0.303 e. The topological polar surface area (TPSA) is 82.5 Å². The molecule has 25 heavy (non-hydrogen) atoms. The molecule has 0 saturated carbocycles. The van der Waals surface area contributed by atoms with Crippen LogP contribution in [0, 0.1) is 0 Å². The van der Waals surface area contributed by atoms with Crippen LogP contribution in [0.4, 0.5) is 11.5 Å². The Balaban J connectivity index is 1.63. The number of hydrogen-bond donors (Lipinski definition) is 2. The second-order valence-electron chi connectivity index (χ2n) is 6.15. The summed E-state index contributed by atoms with van der Waals surface area (Å²) in [5.74, 6) is -0.154. The molecule has 3 rings (SSSR count). The van der Waals surface area contributed by atoms with Crippen LogP contribution in [0.1, 0.15) is 35.2 Å². The van der Waals surface area contributed by atoms with Crippen LogP contribution in [-0.2, 0) is 11.2 Å². The molecule has 2 heterocycles. The highest BCUT2D eigenvalue weighted by molar-refractivity contribution is 6.04. The van der Waals surface area contributed by atoms with E-state index in [4.69, 9.17) is 5.11 Å². The van der Waals surface area contributed by atoms with E-state index < -0.39 is 5.97 Å². The quantitative estimate of drug-likeness (QED) is 0.845. The van der Waals surface area contributed by atoms with Crippen LogP contribution in [0.15, 0.2) is 42.6 Å². The molecule has 0 aliphatic carbocycles. The van der Waals surface area contributed by atoms with E-state index >= 15 is 0 Å². The van der Waals surface area contributed by atoms with Crippen LogP contribution in [0.5, 0.6) is 0 Å². The van der Waals surface area contributed by atoms with Crippen molar-refractivity contribution in [1.82, 2.24) is 4.98 Å². The van der Waals surface area contributed by atoms with Gasteiger partial charge >= 0.3 is 5.97 Å². The van der Waals surface area contributed by atoms with Gasteiger partial charge in [-0.15, -0.1) is 0 Å².